The van der Waals surface area contributed by atoms with Crippen molar-refractivity contribution >= 4 is 0 Å². The highest BCUT2D eigenvalue weighted by Gasteiger charge is 2.23. The standard InChI is InChI=1S/C37H56O3/c1-3-5-7-9-11-13-15-17-19-29-38-36-27-25-34(26-28-36)33-21-23-35(24-22-33)37-39-30-32(31-40-37)20-18-16-14-12-10-8-6-4-2/h3,21-28,32,37H,1,4-20,29-31H2,2H3/t32-,37-. The highest BCUT2D eigenvalue weighted by Crippen LogP contribution is 2.30. The van der Waals surface area contributed by atoms with E-state index in [0.29, 0.717) is 5.92 Å². The third kappa shape index (κ3) is 13.0. The average Bonchev–Trinajstić information content (AvgIpc) is 3.00. The van der Waals surface area contributed by atoms with E-state index < -0.39 is 0 Å². The van der Waals surface area contributed by atoms with Crippen molar-refractivity contribution in [1.29, 1.82) is 0 Å². The molecule has 1 heterocycles. The van der Waals surface area contributed by atoms with Gasteiger partial charge in [0.15, 0.2) is 6.29 Å². The minimum atomic E-state index is -0.239. The number of rotatable bonds is 22. The van der Waals surface area contributed by atoms with E-state index >= 15 is 0 Å². The summed E-state index contributed by atoms with van der Waals surface area (Å²) in [6, 6.07) is 17.1. The van der Waals surface area contributed by atoms with Gasteiger partial charge in [0, 0.05) is 11.5 Å². The predicted octanol–water partition coefficient (Wildman–Crippen LogP) is 11.2. The van der Waals surface area contributed by atoms with Crippen molar-refractivity contribution in [2.75, 3.05) is 19.8 Å². The Balaban J connectivity index is 1.27. The number of benzene rings is 2. The highest BCUT2D eigenvalue weighted by atomic mass is 16.7. The molecule has 1 aliphatic rings. The molecule has 0 atom stereocenters. The Kier molecular flexibility index (Phi) is 16.8. The Labute approximate surface area is 245 Å². The molecule has 0 saturated carbocycles. The maximum Gasteiger partial charge on any atom is 0.183 e. The van der Waals surface area contributed by atoms with Crippen LogP contribution in [0.1, 0.15) is 128 Å². The average molecular weight is 549 g/mol. The van der Waals surface area contributed by atoms with Crippen molar-refractivity contribution < 1.29 is 14.2 Å². The first kappa shape index (κ1) is 32.4. The molecule has 1 saturated heterocycles. The van der Waals surface area contributed by atoms with Gasteiger partial charge >= 0.3 is 0 Å². The largest absolute Gasteiger partial charge is 0.494 e. The summed E-state index contributed by atoms with van der Waals surface area (Å²) < 4.78 is 18.2. The van der Waals surface area contributed by atoms with Gasteiger partial charge in [-0.25, -0.2) is 0 Å². The maximum atomic E-state index is 6.11. The molecule has 3 nitrogen and oxygen atoms in total. The first-order valence-electron chi connectivity index (χ1n) is 16.5. The van der Waals surface area contributed by atoms with Crippen LogP contribution in [0, 0.1) is 5.92 Å². The maximum absolute atomic E-state index is 6.11. The lowest BCUT2D eigenvalue weighted by Crippen LogP contribution is -2.27. The molecular weight excluding hydrogens is 492 g/mol. The molecular formula is C37H56O3. The van der Waals surface area contributed by atoms with Crippen molar-refractivity contribution in [2.24, 2.45) is 5.92 Å². The summed E-state index contributed by atoms with van der Waals surface area (Å²) in [4.78, 5) is 0. The second-order valence-electron chi connectivity index (χ2n) is 11.7. The minimum absolute atomic E-state index is 0.239. The number of hydrogen-bond donors (Lipinski definition) is 0. The van der Waals surface area contributed by atoms with E-state index in [9.17, 15) is 0 Å². The molecule has 0 spiro atoms. The van der Waals surface area contributed by atoms with Crippen LogP contribution in [0.4, 0.5) is 0 Å². The van der Waals surface area contributed by atoms with Crippen LogP contribution in [0.25, 0.3) is 11.1 Å². The van der Waals surface area contributed by atoms with Gasteiger partial charge in [0.2, 0.25) is 0 Å². The van der Waals surface area contributed by atoms with Gasteiger partial charge in [-0.05, 0) is 48.9 Å². The van der Waals surface area contributed by atoms with Gasteiger partial charge in [-0.15, -0.1) is 6.58 Å². The fourth-order valence-corrected chi connectivity index (χ4v) is 5.51. The molecule has 1 fully saturated rings. The smallest absolute Gasteiger partial charge is 0.183 e. The van der Waals surface area contributed by atoms with E-state index in [1.54, 1.807) is 0 Å². The van der Waals surface area contributed by atoms with Crippen molar-refractivity contribution in [1.82, 2.24) is 0 Å². The van der Waals surface area contributed by atoms with Crippen LogP contribution in [-0.2, 0) is 9.47 Å². The van der Waals surface area contributed by atoms with E-state index in [0.717, 1.165) is 44.0 Å². The molecule has 0 aromatic heterocycles. The van der Waals surface area contributed by atoms with Gasteiger partial charge < -0.3 is 14.2 Å². The van der Waals surface area contributed by atoms with Gasteiger partial charge in [-0.3, -0.25) is 0 Å². The summed E-state index contributed by atoms with van der Waals surface area (Å²) >= 11 is 0. The molecule has 1 aliphatic heterocycles. The third-order valence-electron chi connectivity index (χ3n) is 8.12. The Morgan fingerprint density at radius 1 is 0.675 bits per heavy atom. The molecule has 2 aromatic carbocycles. The van der Waals surface area contributed by atoms with Crippen molar-refractivity contribution in [3.05, 3.63) is 66.7 Å². The molecule has 0 unspecified atom stereocenters. The lowest BCUT2D eigenvalue weighted by Gasteiger charge is -2.29. The second kappa shape index (κ2) is 20.7. The molecule has 0 amide bonds. The monoisotopic (exact) mass is 548 g/mol. The molecule has 2 aromatic rings. The zero-order chi connectivity index (χ0) is 28.1. The first-order chi connectivity index (χ1) is 19.8. The predicted molar refractivity (Wildman–Crippen MR) is 170 cm³/mol. The Bertz CT molecular complexity index is 881. The Morgan fingerprint density at radius 2 is 1.20 bits per heavy atom. The molecule has 0 N–H and O–H groups in total. The van der Waals surface area contributed by atoms with Gasteiger partial charge in [0.1, 0.15) is 5.75 Å². The summed E-state index contributed by atoms with van der Waals surface area (Å²) in [6.45, 7) is 8.48. The quantitative estimate of drug-likeness (QED) is 0.108. The summed E-state index contributed by atoms with van der Waals surface area (Å²) in [5, 5.41) is 0. The van der Waals surface area contributed by atoms with E-state index in [4.69, 9.17) is 14.2 Å². The number of allylic oxidation sites excluding steroid dienone is 1. The van der Waals surface area contributed by atoms with Crippen molar-refractivity contribution in [2.45, 2.75) is 122 Å². The first-order valence-corrected chi connectivity index (χ1v) is 16.5. The van der Waals surface area contributed by atoms with E-state index in [-0.39, 0.29) is 6.29 Å². The highest BCUT2D eigenvalue weighted by molar-refractivity contribution is 5.64. The molecule has 222 valence electrons. The lowest BCUT2D eigenvalue weighted by molar-refractivity contribution is -0.206. The molecule has 3 heteroatoms. The molecule has 0 bridgehead atoms. The van der Waals surface area contributed by atoms with Gasteiger partial charge in [0.25, 0.3) is 0 Å². The minimum Gasteiger partial charge on any atom is -0.494 e. The molecule has 40 heavy (non-hydrogen) atoms. The summed E-state index contributed by atoms with van der Waals surface area (Å²) in [5.74, 6) is 1.49. The fourth-order valence-electron chi connectivity index (χ4n) is 5.51. The summed E-state index contributed by atoms with van der Waals surface area (Å²) in [6.07, 6.45) is 24.1. The number of unbranched alkanes of at least 4 members (excludes halogenated alkanes) is 14. The fraction of sp³-hybridized carbons (Fsp3) is 0.622. The second-order valence-corrected chi connectivity index (χ2v) is 11.7. The van der Waals surface area contributed by atoms with Gasteiger partial charge in [-0.1, -0.05) is 133 Å². The summed E-state index contributed by atoms with van der Waals surface area (Å²) in [7, 11) is 0. The zero-order valence-electron chi connectivity index (χ0n) is 25.4. The number of ether oxygens (including phenoxy) is 3. The van der Waals surface area contributed by atoms with Crippen LogP contribution in [0.3, 0.4) is 0 Å². The SMILES string of the molecule is C=CCCCCCCCCCOc1ccc(-c2ccc([C@H]3OC[C@H](CCCCCCCCCC)CO3)cc2)cc1. The molecule has 3 rings (SSSR count). The topological polar surface area (TPSA) is 27.7 Å². The lowest BCUT2D eigenvalue weighted by atomic mass is 10.00. The third-order valence-corrected chi connectivity index (χ3v) is 8.12. The van der Waals surface area contributed by atoms with Crippen LogP contribution >= 0.6 is 0 Å². The van der Waals surface area contributed by atoms with E-state index in [2.05, 4.69) is 62.0 Å². The normalized spacial score (nSPS) is 17.1. The van der Waals surface area contributed by atoms with Gasteiger partial charge in [0.05, 0.1) is 19.8 Å². The Hall–Kier alpha value is -2.10. The molecule has 0 radical (unpaired) electrons. The van der Waals surface area contributed by atoms with E-state index in [1.165, 1.54) is 107 Å². The van der Waals surface area contributed by atoms with Crippen molar-refractivity contribution in [3.8, 4) is 16.9 Å². The zero-order valence-corrected chi connectivity index (χ0v) is 25.4. The van der Waals surface area contributed by atoms with Gasteiger partial charge in [-0.2, -0.15) is 0 Å². The number of hydrogen-bond acceptors (Lipinski definition) is 3. The Morgan fingerprint density at radius 3 is 1.80 bits per heavy atom. The summed E-state index contributed by atoms with van der Waals surface area (Å²) in [5.41, 5.74) is 3.50. The van der Waals surface area contributed by atoms with Crippen LogP contribution < -0.4 is 4.74 Å². The van der Waals surface area contributed by atoms with Crippen LogP contribution in [0.15, 0.2) is 61.2 Å². The van der Waals surface area contributed by atoms with Crippen molar-refractivity contribution in [3.63, 3.8) is 0 Å². The van der Waals surface area contributed by atoms with E-state index in [1.807, 2.05) is 6.08 Å². The van der Waals surface area contributed by atoms with Crippen LogP contribution in [-0.4, -0.2) is 19.8 Å². The van der Waals surface area contributed by atoms with Crippen LogP contribution in [0.2, 0.25) is 0 Å². The van der Waals surface area contributed by atoms with Crippen LogP contribution in [0.5, 0.6) is 5.75 Å². The molecule has 0 aliphatic carbocycles.